The highest BCUT2D eigenvalue weighted by Gasteiger charge is 2.61. The van der Waals surface area contributed by atoms with Gasteiger partial charge < -0.3 is 9.80 Å². The van der Waals surface area contributed by atoms with Crippen LogP contribution in [0.5, 0.6) is 0 Å². The normalized spacial score (nSPS) is 23.6. The summed E-state index contributed by atoms with van der Waals surface area (Å²) < 4.78 is 53.5. The zero-order valence-electron chi connectivity index (χ0n) is 18.2. The number of nitrogens with zero attached hydrogens (tertiary/aromatic N) is 2. The SMILES string of the molecule is NS(=O)(=O)C[C@H]1[C@@H](Cc2cccc(-c3cccc(F)c3)c2F)N(C(=O)N2CCC2)CC12CC2. The minimum atomic E-state index is -3.78. The van der Waals surface area contributed by atoms with Crippen molar-refractivity contribution < 1.29 is 22.0 Å². The molecule has 9 heteroatoms. The number of primary sulfonamides is 1. The lowest BCUT2D eigenvalue weighted by Gasteiger charge is -2.37. The van der Waals surface area contributed by atoms with Gasteiger partial charge in [-0.25, -0.2) is 27.1 Å². The lowest BCUT2D eigenvalue weighted by molar-refractivity contribution is 0.118. The number of amides is 2. The van der Waals surface area contributed by atoms with Crippen LogP contribution in [0.25, 0.3) is 11.1 Å². The first-order valence-electron chi connectivity index (χ1n) is 11.3. The van der Waals surface area contributed by atoms with Crippen LogP contribution in [0.4, 0.5) is 13.6 Å². The molecule has 3 fully saturated rings. The van der Waals surface area contributed by atoms with Crippen LogP contribution < -0.4 is 5.14 Å². The summed E-state index contributed by atoms with van der Waals surface area (Å²) in [6.45, 7) is 1.83. The van der Waals surface area contributed by atoms with E-state index in [0.29, 0.717) is 30.8 Å². The molecule has 6 nitrogen and oxygen atoms in total. The van der Waals surface area contributed by atoms with Crippen LogP contribution in [0.1, 0.15) is 24.8 Å². The predicted molar refractivity (Wildman–Crippen MR) is 121 cm³/mol. The molecule has 2 saturated heterocycles. The number of hydrogen-bond donors (Lipinski definition) is 1. The number of carbonyl (C=O) groups excluding carboxylic acids is 1. The Kier molecular flexibility index (Phi) is 5.44. The van der Waals surface area contributed by atoms with Gasteiger partial charge in [0.25, 0.3) is 0 Å². The van der Waals surface area contributed by atoms with E-state index in [0.717, 1.165) is 19.3 Å². The second-order valence-corrected chi connectivity index (χ2v) is 11.3. The van der Waals surface area contributed by atoms with Crippen molar-refractivity contribution in [1.29, 1.82) is 0 Å². The van der Waals surface area contributed by atoms with E-state index in [1.54, 1.807) is 34.1 Å². The fourth-order valence-electron chi connectivity index (χ4n) is 5.42. The van der Waals surface area contributed by atoms with Crippen LogP contribution in [-0.2, 0) is 16.4 Å². The van der Waals surface area contributed by atoms with E-state index in [9.17, 15) is 17.6 Å². The Labute approximate surface area is 192 Å². The van der Waals surface area contributed by atoms with Gasteiger partial charge in [-0.05, 0) is 54.4 Å². The molecule has 0 radical (unpaired) electrons. The smallest absolute Gasteiger partial charge is 0.320 e. The van der Waals surface area contributed by atoms with Crippen molar-refractivity contribution in [1.82, 2.24) is 9.80 Å². The number of likely N-dealkylation sites (tertiary alicyclic amines) is 2. The Morgan fingerprint density at radius 1 is 1.12 bits per heavy atom. The van der Waals surface area contributed by atoms with Gasteiger partial charge in [-0.3, -0.25) is 0 Å². The topological polar surface area (TPSA) is 83.7 Å². The summed E-state index contributed by atoms with van der Waals surface area (Å²) in [4.78, 5) is 16.7. The number of rotatable bonds is 5. The van der Waals surface area contributed by atoms with E-state index < -0.39 is 27.7 Å². The molecule has 2 aromatic rings. The average molecular weight is 476 g/mol. The summed E-state index contributed by atoms with van der Waals surface area (Å²) >= 11 is 0. The monoisotopic (exact) mass is 475 g/mol. The maximum Gasteiger partial charge on any atom is 0.320 e. The summed E-state index contributed by atoms with van der Waals surface area (Å²) in [5.74, 6) is -1.52. The van der Waals surface area contributed by atoms with Crippen LogP contribution in [0, 0.1) is 23.0 Å². The number of urea groups is 1. The van der Waals surface area contributed by atoms with E-state index in [-0.39, 0.29) is 35.1 Å². The number of benzene rings is 2. The lowest BCUT2D eigenvalue weighted by atomic mass is 9.86. The predicted octanol–water partition coefficient (Wildman–Crippen LogP) is 3.37. The van der Waals surface area contributed by atoms with Crippen molar-refractivity contribution >= 4 is 16.1 Å². The molecule has 2 amide bonds. The zero-order valence-corrected chi connectivity index (χ0v) is 19.0. The zero-order chi connectivity index (χ0) is 23.4. The molecule has 2 aliphatic heterocycles. The molecule has 3 aliphatic rings. The van der Waals surface area contributed by atoms with E-state index in [4.69, 9.17) is 5.14 Å². The number of sulfonamides is 1. The van der Waals surface area contributed by atoms with Crippen molar-refractivity contribution in [2.75, 3.05) is 25.4 Å². The Balaban J connectivity index is 1.51. The van der Waals surface area contributed by atoms with E-state index in [1.807, 2.05) is 0 Å². The third kappa shape index (κ3) is 4.24. The van der Waals surface area contributed by atoms with Crippen LogP contribution in [0.15, 0.2) is 42.5 Å². The summed E-state index contributed by atoms with van der Waals surface area (Å²) in [5, 5.41) is 5.43. The molecule has 1 aliphatic carbocycles. The Morgan fingerprint density at radius 2 is 1.85 bits per heavy atom. The quantitative estimate of drug-likeness (QED) is 0.720. The molecule has 2 atom stereocenters. The highest BCUT2D eigenvalue weighted by molar-refractivity contribution is 7.89. The second-order valence-electron chi connectivity index (χ2n) is 9.61. The molecular weight excluding hydrogens is 448 g/mol. The molecular formula is C24H27F2N3O3S. The standard InChI is InChI=1S/C24H27F2N3O3S/c25-18-6-1-4-16(12-18)19-7-2-5-17(22(19)26)13-21-20(14-33(27,31)32)24(8-9-24)15-29(21)23(30)28-10-3-11-28/h1-2,4-7,12,20-21H,3,8-11,13-15H2,(H2,27,31,32)/t20-,21+/m0/s1. The maximum atomic E-state index is 15.6. The van der Waals surface area contributed by atoms with E-state index >= 15 is 4.39 Å². The third-order valence-electron chi connectivity index (χ3n) is 7.46. The molecule has 0 unspecified atom stereocenters. The summed E-state index contributed by atoms with van der Waals surface area (Å²) in [6, 6.07) is 10.1. The second kappa shape index (κ2) is 8.06. The first-order chi connectivity index (χ1) is 15.7. The Morgan fingerprint density at radius 3 is 2.45 bits per heavy atom. The minimum absolute atomic E-state index is 0.115. The van der Waals surface area contributed by atoms with Crippen molar-refractivity contribution in [2.45, 2.75) is 31.7 Å². The van der Waals surface area contributed by atoms with Crippen molar-refractivity contribution in [3.8, 4) is 11.1 Å². The fourth-order valence-corrected chi connectivity index (χ4v) is 6.50. The van der Waals surface area contributed by atoms with Gasteiger partial charge in [0.15, 0.2) is 0 Å². The summed E-state index contributed by atoms with van der Waals surface area (Å²) in [6.07, 6.45) is 2.79. The van der Waals surface area contributed by atoms with Crippen molar-refractivity contribution in [3.63, 3.8) is 0 Å². The van der Waals surface area contributed by atoms with Crippen LogP contribution in [-0.4, -0.2) is 55.7 Å². The van der Waals surface area contributed by atoms with Crippen molar-refractivity contribution in [2.24, 2.45) is 16.5 Å². The molecule has 2 N–H and O–H groups in total. The molecule has 1 saturated carbocycles. The maximum absolute atomic E-state index is 15.6. The number of halogens is 2. The summed E-state index contributed by atoms with van der Waals surface area (Å²) in [5.41, 5.74) is 0.804. The van der Waals surface area contributed by atoms with Gasteiger partial charge in [0.2, 0.25) is 10.0 Å². The van der Waals surface area contributed by atoms with Crippen LogP contribution in [0.2, 0.25) is 0 Å². The van der Waals surface area contributed by atoms with E-state index in [1.165, 1.54) is 18.2 Å². The van der Waals surface area contributed by atoms with Crippen LogP contribution in [0.3, 0.4) is 0 Å². The van der Waals surface area contributed by atoms with Gasteiger partial charge in [-0.15, -0.1) is 0 Å². The first-order valence-corrected chi connectivity index (χ1v) is 13.0. The number of hydrogen-bond acceptors (Lipinski definition) is 3. The molecule has 1 spiro atoms. The van der Waals surface area contributed by atoms with Gasteiger partial charge in [0.1, 0.15) is 11.6 Å². The number of carbonyl (C=O) groups is 1. The molecule has 33 heavy (non-hydrogen) atoms. The lowest BCUT2D eigenvalue weighted by Crippen LogP contribution is -2.52. The van der Waals surface area contributed by atoms with Gasteiger partial charge in [0, 0.05) is 37.2 Å². The highest BCUT2D eigenvalue weighted by Crippen LogP contribution is 2.59. The third-order valence-corrected chi connectivity index (χ3v) is 8.28. The minimum Gasteiger partial charge on any atom is -0.325 e. The largest absolute Gasteiger partial charge is 0.325 e. The molecule has 2 heterocycles. The average Bonchev–Trinajstić information content (AvgIpc) is 3.43. The van der Waals surface area contributed by atoms with Gasteiger partial charge in [0.05, 0.1) is 5.75 Å². The molecule has 176 valence electrons. The van der Waals surface area contributed by atoms with Crippen LogP contribution >= 0.6 is 0 Å². The van der Waals surface area contributed by atoms with Gasteiger partial charge >= 0.3 is 6.03 Å². The summed E-state index contributed by atoms with van der Waals surface area (Å²) in [7, 11) is -3.78. The highest BCUT2D eigenvalue weighted by atomic mass is 32.2. The molecule has 0 bridgehead atoms. The Bertz CT molecular complexity index is 1200. The molecule has 0 aromatic heterocycles. The van der Waals surface area contributed by atoms with Gasteiger partial charge in [-0.2, -0.15) is 0 Å². The molecule has 2 aromatic carbocycles. The van der Waals surface area contributed by atoms with Crippen molar-refractivity contribution in [3.05, 3.63) is 59.7 Å². The first kappa shape index (κ1) is 22.3. The Hall–Kier alpha value is -2.52. The fraction of sp³-hybridized carbons (Fsp3) is 0.458. The number of nitrogens with two attached hydrogens (primary N) is 1. The van der Waals surface area contributed by atoms with E-state index in [2.05, 4.69) is 0 Å². The van der Waals surface area contributed by atoms with Gasteiger partial charge in [-0.1, -0.05) is 30.3 Å². The molecule has 5 rings (SSSR count).